The van der Waals surface area contributed by atoms with Crippen molar-refractivity contribution in [3.63, 3.8) is 0 Å². The number of para-hydroxylation sites is 2. The van der Waals surface area contributed by atoms with Crippen molar-refractivity contribution < 1.29 is 13.9 Å². The molecule has 0 unspecified atom stereocenters. The Morgan fingerprint density at radius 2 is 2.00 bits per heavy atom. The third-order valence-electron chi connectivity index (χ3n) is 3.61. The average Bonchev–Trinajstić information content (AvgIpc) is 3.16. The molecule has 2 aromatic carbocycles. The smallest absolute Gasteiger partial charge is 0.248 e. The normalized spacial score (nSPS) is 10.8. The van der Waals surface area contributed by atoms with Crippen molar-refractivity contribution in [2.24, 2.45) is 0 Å². The highest BCUT2D eigenvalue weighted by molar-refractivity contribution is 6.02. The molecular formula is C20H18FN3O2. The van der Waals surface area contributed by atoms with Gasteiger partial charge in [0, 0.05) is 18.5 Å². The van der Waals surface area contributed by atoms with Crippen LogP contribution in [0.15, 0.2) is 73.3 Å². The van der Waals surface area contributed by atoms with E-state index in [1.165, 1.54) is 18.2 Å². The summed E-state index contributed by atoms with van der Waals surface area (Å²) in [6.45, 7) is 1.11. The van der Waals surface area contributed by atoms with Crippen LogP contribution in [0.4, 0.5) is 10.1 Å². The Balaban J connectivity index is 1.58. The fourth-order valence-corrected chi connectivity index (χ4v) is 2.30. The second-order valence-corrected chi connectivity index (χ2v) is 5.52. The molecule has 0 saturated carbocycles. The van der Waals surface area contributed by atoms with Crippen molar-refractivity contribution >= 4 is 17.7 Å². The van der Waals surface area contributed by atoms with Gasteiger partial charge in [0.2, 0.25) is 5.91 Å². The summed E-state index contributed by atoms with van der Waals surface area (Å²) in [5, 5.41) is 2.79. The predicted octanol–water partition coefficient (Wildman–Crippen LogP) is 3.75. The molecule has 5 nitrogen and oxygen atoms in total. The van der Waals surface area contributed by atoms with Crippen molar-refractivity contribution in [1.82, 2.24) is 9.55 Å². The molecule has 0 aliphatic rings. The standard InChI is InChI=1S/C20H18FN3O2/c21-17-8-5-16(6-9-17)7-10-20(25)23-18-3-1-2-4-19(18)26-14-13-24-12-11-22-15-24/h1-12,15H,13-14H2,(H,23,25)/b10-7+. The van der Waals surface area contributed by atoms with Gasteiger partial charge in [0.05, 0.1) is 18.6 Å². The second kappa shape index (κ2) is 8.62. The van der Waals surface area contributed by atoms with E-state index in [1.54, 1.807) is 42.9 Å². The van der Waals surface area contributed by atoms with E-state index in [4.69, 9.17) is 4.74 Å². The summed E-state index contributed by atoms with van der Waals surface area (Å²) < 4.78 is 20.6. The topological polar surface area (TPSA) is 56.1 Å². The molecule has 26 heavy (non-hydrogen) atoms. The minimum absolute atomic E-state index is 0.292. The number of nitrogens with zero attached hydrogens (tertiary/aromatic N) is 2. The van der Waals surface area contributed by atoms with Crippen molar-refractivity contribution in [2.45, 2.75) is 6.54 Å². The first-order valence-electron chi connectivity index (χ1n) is 8.13. The predicted molar refractivity (Wildman–Crippen MR) is 98.2 cm³/mol. The van der Waals surface area contributed by atoms with Gasteiger partial charge in [-0.3, -0.25) is 4.79 Å². The van der Waals surface area contributed by atoms with Gasteiger partial charge in [0.1, 0.15) is 18.2 Å². The van der Waals surface area contributed by atoms with Crippen LogP contribution < -0.4 is 10.1 Å². The highest BCUT2D eigenvalue weighted by atomic mass is 19.1. The number of hydrogen-bond acceptors (Lipinski definition) is 3. The summed E-state index contributed by atoms with van der Waals surface area (Å²) in [6.07, 6.45) is 8.31. The van der Waals surface area contributed by atoms with Crippen LogP contribution >= 0.6 is 0 Å². The lowest BCUT2D eigenvalue weighted by atomic mass is 10.2. The zero-order valence-electron chi connectivity index (χ0n) is 14.0. The Morgan fingerprint density at radius 1 is 1.19 bits per heavy atom. The molecule has 0 atom stereocenters. The van der Waals surface area contributed by atoms with Crippen LogP contribution in [0.25, 0.3) is 6.08 Å². The molecule has 0 fully saturated rings. The average molecular weight is 351 g/mol. The summed E-state index contributed by atoms with van der Waals surface area (Å²) in [5.74, 6) is -0.00972. The Kier molecular flexibility index (Phi) is 5.77. The molecule has 0 aliphatic heterocycles. The van der Waals surface area contributed by atoms with Gasteiger partial charge in [0.25, 0.3) is 0 Å². The maximum absolute atomic E-state index is 12.9. The number of halogens is 1. The Hall–Kier alpha value is -3.41. The van der Waals surface area contributed by atoms with Crippen molar-refractivity contribution in [1.29, 1.82) is 0 Å². The van der Waals surface area contributed by atoms with Gasteiger partial charge in [0.15, 0.2) is 0 Å². The summed E-state index contributed by atoms with van der Waals surface area (Å²) in [7, 11) is 0. The van der Waals surface area contributed by atoms with Gasteiger partial charge < -0.3 is 14.6 Å². The first-order valence-corrected chi connectivity index (χ1v) is 8.13. The van der Waals surface area contributed by atoms with Crippen LogP contribution in [0.1, 0.15) is 5.56 Å². The zero-order chi connectivity index (χ0) is 18.2. The van der Waals surface area contributed by atoms with E-state index in [-0.39, 0.29) is 11.7 Å². The molecule has 1 aromatic heterocycles. The molecule has 6 heteroatoms. The molecule has 0 bridgehead atoms. The number of amides is 1. The molecule has 132 valence electrons. The minimum atomic E-state index is -0.312. The van der Waals surface area contributed by atoms with Crippen LogP contribution in [-0.2, 0) is 11.3 Å². The maximum atomic E-state index is 12.9. The number of anilines is 1. The van der Waals surface area contributed by atoms with E-state index in [1.807, 2.05) is 22.9 Å². The number of hydrogen-bond donors (Lipinski definition) is 1. The fourth-order valence-electron chi connectivity index (χ4n) is 2.30. The maximum Gasteiger partial charge on any atom is 0.248 e. The summed E-state index contributed by atoms with van der Waals surface area (Å²) >= 11 is 0. The quantitative estimate of drug-likeness (QED) is 0.660. The lowest BCUT2D eigenvalue weighted by Gasteiger charge is -2.11. The fraction of sp³-hybridized carbons (Fsp3) is 0.100. The van der Waals surface area contributed by atoms with E-state index in [0.29, 0.717) is 24.6 Å². The van der Waals surface area contributed by atoms with Gasteiger partial charge in [-0.05, 0) is 35.9 Å². The van der Waals surface area contributed by atoms with Crippen LogP contribution in [-0.4, -0.2) is 22.1 Å². The van der Waals surface area contributed by atoms with Crippen LogP contribution in [0.2, 0.25) is 0 Å². The van der Waals surface area contributed by atoms with E-state index in [0.717, 1.165) is 5.56 Å². The van der Waals surface area contributed by atoms with E-state index >= 15 is 0 Å². The number of nitrogens with one attached hydrogen (secondary N) is 1. The highest BCUT2D eigenvalue weighted by Crippen LogP contribution is 2.23. The van der Waals surface area contributed by atoms with E-state index in [2.05, 4.69) is 10.3 Å². The summed E-state index contributed by atoms with van der Waals surface area (Å²) in [6, 6.07) is 13.1. The third kappa shape index (κ3) is 5.04. The van der Waals surface area contributed by atoms with Gasteiger partial charge >= 0.3 is 0 Å². The monoisotopic (exact) mass is 351 g/mol. The molecule has 0 radical (unpaired) electrons. The minimum Gasteiger partial charge on any atom is -0.490 e. The SMILES string of the molecule is O=C(/C=C/c1ccc(F)cc1)Nc1ccccc1OCCn1ccnc1. The molecule has 0 saturated heterocycles. The van der Waals surface area contributed by atoms with E-state index in [9.17, 15) is 9.18 Å². The number of ether oxygens (including phenoxy) is 1. The molecule has 0 aliphatic carbocycles. The number of carbonyl (C=O) groups excluding carboxylic acids is 1. The number of rotatable bonds is 7. The van der Waals surface area contributed by atoms with Crippen molar-refractivity contribution in [3.8, 4) is 5.75 Å². The lowest BCUT2D eigenvalue weighted by molar-refractivity contribution is -0.111. The third-order valence-corrected chi connectivity index (χ3v) is 3.61. The van der Waals surface area contributed by atoms with Crippen LogP contribution in [0.5, 0.6) is 5.75 Å². The van der Waals surface area contributed by atoms with Gasteiger partial charge in [-0.25, -0.2) is 9.37 Å². The highest BCUT2D eigenvalue weighted by Gasteiger charge is 2.05. The molecule has 3 rings (SSSR count). The van der Waals surface area contributed by atoms with Crippen LogP contribution in [0.3, 0.4) is 0 Å². The molecule has 1 heterocycles. The molecule has 3 aromatic rings. The number of aromatic nitrogens is 2. The van der Waals surface area contributed by atoms with Crippen molar-refractivity contribution in [3.05, 3.63) is 84.7 Å². The lowest BCUT2D eigenvalue weighted by Crippen LogP contribution is -2.11. The first kappa shape index (κ1) is 17.4. The Bertz CT molecular complexity index is 874. The molecule has 1 amide bonds. The molecular weight excluding hydrogens is 333 g/mol. The van der Waals surface area contributed by atoms with Crippen LogP contribution in [0, 0.1) is 5.82 Å². The summed E-state index contributed by atoms with van der Waals surface area (Å²) in [5.41, 5.74) is 1.33. The van der Waals surface area contributed by atoms with Gasteiger partial charge in [-0.1, -0.05) is 24.3 Å². The first-order chi connectivity index (χ1) is 12.7. The van der Waals surface area contributed by atoms with Gasteiger partial charge in [-0.2, -0.15) is 0 Å². The number of benzene rings is 2. The Labute approximate surface area is 150 Å². The molecule has 1 N–H and O–H groups in total. The molecule has 0 spiro atoms. The Morgan fingerprint density at radius 3 is 2.77 bits per heavy atom. The number of imidazole rings is 1. The summed E-state index contributed by atoms with van der Waals surface area (Å²) in [4.78, 5) is 16.1. The second-order valence-electron chi connectivity index (χ2n) is 5.52. The largest absolute Gasteiger partial charge is 0.490 e. The van der Waals surface area contributed by atoms with Gasteiger partial charge in [-0.15, -0.1) is 0 Å². The van der Waals surface area contributed by atoms with E-state index < -0.39 is 0 Å². The zero-order valence-corrected chi connectivity index (χ0v) is 14.0. The van der Waals surface area contributed by atoms with Crippen molar-refractivity contribution in [2.75, 3.05) is 11.9 Å². The number of carbonyl (C=O) groups is 1.